The number of hydrogen-bond acceptors (Lipinski definition) is 2. The fourth-order valence-electron chi connectivity index (χ4n) is 8.88. The standard InChI is InChI=1S/C47H38N2/c1-5-14-40-32(10-1)18-22-36-28-48(29-37-23-19-33-11-2-6-15-41(33)45(37)44(36)40)26-9-27-49-30-38-24-20-34-12-3-7-16-42(34)46(38)47-39(31-49)25-21-35-13-4-8-17-43(35)47/h1-8,10-25H,9,26-31H2. The molecule has 0 aromatic heterocycles. The smallest absolute Gasteiger partial charge is 0.0243 e. The van der Waals surface area contributed by atoms with Gasteiger partial charge in [0.1, 0.15) is 0 Å². The number of nitrogens with zero attached hydrogens (tertiary/aromatic N) is 2. The third-order valence-corrected chi connectivity index (χ3v) is 11.1. The fourth-order valence-corrected chi connectivity index (χ4v) is 8.88. The van der Waals surface area contributed by atoms with Gasteiger partial charge < -0.3 is 0 Å². The molecule has 0 saturated heterocycles. The average molecular weight is 631 g/mol. The van der Waals surface area contributed by atoms with Gasteiger partial charge in [0.25, 0.3) is 0 Å². The molecule has 0 N–H and O–H groups in total. The Hall–Kier alpha value is -5.28. The first-order valence-corrected chi connectivity index (χ1v) is 17.8. The van der Waals surface area contributed by atoms with Gasteiger partial charge in [-0.25, -0.2) is 0 Å². The lowest BCUT2D eigenvalue weighted by atomic mass is 9.88. The SMILES string of the molecule is c1ccc2c3c(ccc2c1)CN(CCCN1Cc2ccc4ccccc4c2-c2c(ccc4ccccc24)C1)Cc1ccc2ccccc2c1-3. The van der Waals surface area contributed by atoms with E-state index in [1.165, 1.54) is 87.6 Å². The lowest BCUT2D eigenvalue weighted by molar-refractivity contribution is 0.210. The second-order valence-electron chi connectivity index (χ2n) is 14.1. The Labute approximate surface area is 287 Å². The molecule has 0 aliphatic carbocycles. The van der Waals surface area contributed by atoms with E-state index in [-0.39, 0.29) is 0 Å². The van der Waals surface area contributed by atoms with Gasteiger partial charge in [0.15, 0.2) is 0 Å². The van der Waals surface area contributed by atoms with Gasteiger partial charge in [-0.2, -0.15) is 0 Å². The van der Waals surface area contributed by atoms with Gasteiger partial charge in [-0.05, 0) is 94.0 Å². The molecule has 0 amide bonds. The molecule has 2 heteroatoms. The summed E-state index contributed by atoms with van der Waals surface area (Å²) >= 11 is 0. The van der Waals surface area contributed by atoms with E-state index in [2.05, 4.69) is 155 Å². The summed E-state index contributed by atoms with van der Waals surface area (Å²) in [5.41, 5.74) is 11.4. The van der Waals surface area contributed by atoms with Crippen LogP contribution in [0.5, 0.6) is 0 Å². The molecule has 8 aromatic carbocycles. The topological polar surface area (TPSA) is 6.48 Å². The van der Waals surface area contributed by atoms with Crippen LogP contribution in [-0.4, -0.2) is 22.9 Å². The molecule has 2 aliphatic heterocycles. The van der Waals surface area contributed by atoms with Crippen LogP contribution in [0.15, 0.2) is 146 Å². The number of rotatable bonds is 4. The second kappa shape index (κ2) is 11.7. The van der Waals surface area contributed by atoms with E-state index in [1.54, 1.807) is 0 Å². The molecule has 2 nitrogen and oxygen atoms in total. The Morgan fingerprint density at radius 1 is 0.306 bits per heavy atom. The minimum Gasteiger partial charge on any atom is -0.295 e. The van der Waals surface area contributed by atoms with Crippen molar-refractivity contribution in [1.29, 1.82) is 0 Å². The number of fused-ring (bicyclic) bond motifs is 14. The third-order valence-electron chi connectivity index (χ3n) is 11.1. The highest BCUT2D eigenvalue weighted by Crippen LogP contribution is 2.44. The summed E-state index contributed by atoms with van der Waals surface area (Å²) in [6, 6.07) is 54.5. The predicted octanol–water partition coefficient (Wildman–Crippen LogP) is 11.4. The minimum absolute atomic E-state index is 0.965. The molecule has 8 aromatic rings. The van der Waals surface area contributed by atoms with Gasteiger partial charge >= 0.3 is 0 Å². The number of benzene rings is 8. The zero-order chi connectivity index (χ0) is 32.3. The van der Waals surface area contributed by atoms with Crippen molar-refractivity contribution in [3.63, 3.8) is 0 Å². The summed E-state index contributed by atoms with van der Waals surface area (Å²) in [5, 5.41) is 10.7. The van der Waals surface area contributed by atoms with E-state index in [4.69, 9.17) is 0 Å². The first kappa shape index (κ1) is 28.7. The first-order chi connectivity index (χ1) is 24.3. The largest absolute Gasteiger partial charge is 0.295 e. The van der Waals surface area contributed by atoms with Crippen molar-refractivity contribution in [2.75, 3.05) is 13.1 Å². The van der Waals surface area contributed by atoms with Crippen LogP contribution in [0.25, 0.3) is 65.3 Å². The van der Waals surface area contributed by atoms with Crippen molar-refractivity contribution in [3.05, 3.63) is 168 Å². The zero-order valence-electron chi connectivity index (χ0n) is 27.7. The molecule has 2 heterocycles. The van der Waals surface area contributed by atoms with Gasteiger partial charge in [-0.1, -0.05) is 146 Å². The molecule has 0 fully saturated rings. The van der Waals surface area contributed by atoms with Crippen LogP contribution in [-0.2, 0) is 26.2 Å². The van der Waals surface area contributed by atoms with Crippen LogP contribution < -0.4 is 0 Å². The van der Waals surface area contributed by atoms with Crippen molar-refractivity contribution >= 4 is 43.1 Å². The van der Waals surface area contributed by atoms with Crippen molar-refractivity contribution in [2.24, 2.45) is 0 Å². The van der Waals surface area contributed by atoms with Gasteiger partial charge in [-0.15, -0.1) is 0 Å². The molecule has 0 radical (unpaired) electrons. The van der Waals surface area contributed by atoms with Crippen molar-refractivity contribution in [1.82, 2.24) is 9.80 Å². The minimum atomic E-state index is 0.965. The first-order valence-electron chi connectivity index (χ1n) is 17.8. The van der Waals surface area contributed by atoms with E-state index in [0.717, 1.165) is 45.7 Å². The predicted molar refractivity (Wildman–Crippen MR) is 207 cm³/mol. The van der Waals surface area contributed by atoms with Crippen LogP contribution in [0.3, 0.4) is 0 Å². The van der Waals surface area contributed by atoms with E-state index in [9.17, 15) is 0 Å². The van der Waals surface area contributed by atoms with E-state index < -0.39 is 0 Å². The highest BCUT2D eigenvalue weighted by Gasteiger charge is 2.25. The van der Waals surface area contributed by atoms with Crippen molar-refractivity contribution in [3.8, 4) is 22.3 Å². The molecule has 2 aliphatic rings. The maximum absolute atomic E-state index is 2.69. The Bertz CT molecular complexity index is 2210. The maximum atomic E-state index is 2.69. The molecule has 236 valence electrons. The molecule has 0 unspecified atom stereocenters. The molecule has 0 atom stereocenters. The second-order valence-corrected chi connectivity index (χ2v) is 14.1. The van der Waals surface area contributed by atoms with Crippen LogP contribution in [0.2, 0.25) is 0 Å². The monoisotopic (exact) mass is 630 g/mol. The normalized spacial score (nSPS) is 14.7. The summed E-state index contributed by atoms with van der Waals surface area (Å²) in [5.74, 6) is 0. The Kier molecular flexibility index (Phi) is 6.85. The molecule has 0 saturated carbocycles. The van der Waals surface area contributed by atoms with Gasteiger partial charge in [0, 0.05) is 39.3 Å². The van der Waals surface area contributed by atoms with Crippen LogP contribution in [0.4, 0.5) is 0 Å². The summed E-state index contributed by atoms with van der Waals surface area (Å²) in [6.45, 7) is 5.98. The highest BCUT2D eigenvalue weighted by molar-refractivity contribution is 6.09. The molecule has 49 heavy (non-hydrogen) atoms. The quantitative estimate of drug-likeness (QED) is 0.191. The van der Waals surface area contributed by atoms with Crippen LogP contribution in [0.1, 0.15) is 28.7 Å². The Morgan fingerprint density at radius 3 is 0.857 bits per heavy atom. The Morgan fingerprint density at radius 2 is 0.571 bits per heavy atom. The summed E-state index contributed by atoms with van der Waals surface area (Å²) < 4.78 is 0. The van der Waals surface area contributed by atoms with E-state index in [0.29, 0.717) is 0 Å². The average Bonchev–Trinajstić information content (AvgIpc) is 3.43. The van der Waals surface area contributed by atoms with E-state index >= 15 is 0 Å². The molecular weight excluding hydrogens is 593 g/mol. The molecular formula is C47H38N2. The number of hydrogen-bond donors (Lipinski definition) is 0. The van der Waals surface area contributed by atoms with Gasteiger partial charge in [0.05, 0.1) is 0 Å². The molecule has 10 rings (SSSR count). The fraction of sp³-hybridized carbons (Fsp3) is 0.149. The van der Waals surface area contributed by atoms with Gasteiger partial charge in [-0.3, -0.25) is 9.80 Å². The van der Waals surface area contributed by atoms with Crippen molar-refractivity contribution < 1.29 is 0 Å². The summed E-state index contributed by atoms with van der Waals surface area (Å²) in [4.78, 5) is 5.38. The van der Waals surface area contributed by atoms with Crippen LogP contribution >= 0.6 is 0 Å². The van der Waals surface area contributed by atoms with Crippen LogP contribution in [0, 0.1) is 0 Å². The van der Waals surface area contributed by atoms with E-state index in [1.807, 2.05) is 0 Å². The summed E-state index contributed by atoms with van der Waals surface area (Å²) in [7, 11) is 0. The molecule has 0 spiro atoms. The third kappa shape index (κ3) is 4.86. The van der Waals surface area contributed by atoms with Crippen molar-refractivity contribution in [2.45, 2.75) is 32.6 Å². The van der Waals surface area contributed by atoms with Gasteiger partial charge in [0.2, 0.25) is 0 Å². The zero-order valence-corrected chi connectivity index (χ0v) is 27.7. The summed E-state index contributed by atoms with van der Waals surface area (Å²) in [6.07, 6.45) is 1.12. The lowest BCUT2D eigenvalue weighted by Crippen LogP contribution is -2.28. The molecule has 0 bridgehead atoms. The highest BCUT2D eigenvalue weighted by atomic mass is 15.1. The Balaban J connectivity index is 0.989. The maximum Gasteiger partial charge on any atom is 0.0243 e. The lowest BCUT2D eigenvalue weighted by Gasteiger charge is -2.25.